The molecule has 1 atom stereocenters. The minimum absolute atomic E-state index is 0.272. The Morgan fingerprint density at radius 2 is 2.38 bits per heavy atom. The average molecular weight is 223 g/mol. The van der Waals surface area contributed by atoms with Gasteiger partial charge in [0.1, 0.15) is 11.6 Å². The van der Waals surface area contributed by atoms with Crippen molar-refractivity contribution < 1.29 is 4.39 Å². The van der Waals surface area contributed by atoms with Crippen LogP contribution in [0.4, 0.5) is 10.2 Å². The predicted octanol–water partition coefficient (Wildman–Crippen LogP) is 1.80. The van der Waals surface area contributed by atoms with Crippen LogP contribution in [0.25, 0.3) is 0 Å². The Bertz CT molecular complexity index is 324. The van der Waals surface area contributed by atoms with Crippen LogP contribution in [0, 0.1) is 5.82 Å². The van der Waals surface area contributed by atoms with Crippen LogP contribution in [0.3, 0.4) is 0 Å². The van der Waals surface area contributed by atoms with Crippen molar-refractivity contribution in [3.63, 3.8) is 0 Å². The molecule has 1 aliphatic rings. The van der Waals surface area contributed by atoms with Crippen LogP contribution in [0.15, 0.2) is 18.3 Å². The summed E-state index contributed by atoms with van der Waals surface area (Å²) in [6.07, 6.45) is 4.93. The number of nitrogens with one attached hydrogen (secondary N) is 1. The first-order valence-corrected chi connectivity index (χ1v) is 5.84. The zero-order valence-corrected chi connectivity index (χ0v) is 9.62. The van der Waals surface area contributed by atoms with Crippen LogP contribution < -0.4 is 10.2 Å². The number of piperidine rings is 1. The molecule has 4 heteroatoms. The first-order valence-electron chi connectivity index (χ1n) is 5.84. The van der Waals surface area contributed by atoms with Gasteiger partial charge >= 0.3 is 0 Å². The highest BCUT2D eigenvalue weighted by molar-refractivity contribution is 5.40. The van der Waals surface area contributed by atoms with Crippen molar-refractivity contribution in [3.8, 4) is 0 Å². The van der Waals surface area contributed by atoms with Crippen molar-refractivity contribution in [3.05, 3.63) is 24.1 Å². The molecule has 3 nitrogen and oxygen atoms in total. The molecular weight excluding hydrogens is 205 g/mol. The lowest BCUT2D eigenvalue weighted by atomic mass is 10.0. The van der Waals surface area contributed by atoms with Crippen LogP contribution >= 0.6 is 0 Å². The van der Waals surface area contributed by atoms with E-state index in [2.05, 4.69) is 15.2 Å². The van der Waals surface area contributed by atoms with Crippen LogP contribution in [0.1, 0.15) is 19.3 Å². The summed E-state index contributed by atoms with van der Waals surface area (Å²) in [7, 11) is 1.96. The van der Waals surface area contributed by atoms with E-state index >= 15 is 0 Å². The summed E-state index contributed by atoms with van der Waals surface area (Å²) in [6, 6.07) is 3.73. The van der Waals surface area contributed by atoms with Crippen molar-refractivity contribution in [1.29, 1.82) is 0 Å². The molecule has 0 spiro atoms. The largest absolute Gasteiger partial charge is 0.352 e. The quantitative estimate of drug-likeness (QED) is 0.847. The van der Waals surface area contributed by atoms with Crippen molar-refractivity contribution in [2.45, 2.75) is 25.3 Å². The second-order valence-electron chi connectivity index (χ2n) is 4.24. The van der Waals surface area contributed by atoms with E-state index in [1.807, 2.05) is 7.05 Å². The normalized spacial score (nSPS) is 21.1. The van der Waals surface area contributed by atoms with E-state index < -0.39 is 0 Å². The minimum Gasteiger partial charge on any atom is -0.352 e. The summed E-state index contributed by atoms with van der Waals surface area (Å²) in [6.45, 7) is 1.98. The predicted molar refractivity (Wildman–Crippen MR) is 63.1 cm³/mol. The lowest BCUT2D eigenvalue weighted by molar-refractivity contribution is 0.443. The fourth-order valence-corrected chi connectivity index (χ4v) is 2.29. The number of hydrogen-bond acceptors (Lipinski definition) is 3. The molecule has 1 aromatic heterocycles. The third-order valence-corrected chi connectivity index (χ3v) is 3.07. The number of nitrogens with zero attached hydrogens (tertiary/aromatic N) is 2. The molecule has 1 aromatic rings. The molecule has 2 heterocycles. The molecule has 1 fully saturated rings. The van der Waals surface area contributed by atoms with Crippen LogP contribution in [0.2, 0.25) is 0 Å². The summed E-state index contributed by atoms with van der Waals surface area (Å²) in [5.41, 5.74) is 0. The smallest absolute Gasteiger partial charge is 0.141 e. The molecule has 2 rings (SSSR count). The SMILES string of the molecule is CNCC1CCCCN1c1ccc(F)cn1. The summed E-state index contributed by atoms with van der Waals surface area (Å²) in [4.78, 5) is 6.43. The van der Waals surface area contributed by atoms with Gasteiger partial charge in [0.05, 0.1) is 6.20 Å². The third-order valence-electron chi connectivity index (χ3n) is 3.07. The lowest BCUT2D eigenvalue weighted by Gasteiger charge is -2.36. The number of pyridine rings is 1. The summed E-state index contributed by atoms with van der Waals surface area (Å²) in [5.74, 6) is 0.618. The lowest BCUT2D eigenvalue weighted by Crippen LogP contribution is -2.45. The van der Waals surface area contributed by atoms with E-state index in [0.717, 1.165) is 18.9 Å². The van der Waals surface area contributed by atoms with Gasteiger partial charge in [0.15, 0.2) is 0 Å². The van der Waals surface area contributed by atoms with E-state index in [4.69, 9.17) is 0 Å². The zero-order chi connectivity index (χ0) is 11.4. The second-order valence-corrected chi connectivity index (χ2v) is 4.24. The Morgan fingerprint density at radius 1 is 1.50 bits per heavy atom. The van der Waals surface area contributed by atoms with Crippen LogP contribution in [-0.2, 0) is 0 Å². The summed E-state index contributed by atoms with van der Waals surface area (Å²) >= 11 is 0. The Kier molecular flexibility index (Phi) is 3.72. The van der Waals surface area contributed by atoms with E-state index in [9.17, 15) is 4.39 Å². The van der Waals surface area contributed by atoms with Gasteiger partial charge in [-0.3, -0.25) is 0 Å². The highest BCUT2D eigenvalue weighted by atomic mass is 19.1. The molecule has 1 unspecified atom stereocenters. The van der Waals surface area contributed by atoms with E-state index in [-0.39, 0.29) is 5.82 Å². The Labute approximate surface area is 95.7 Å². The number of rotatable bonds is 3. The van der Waals surface area contributed by atoms with Gasteiger partial charge in [-0.05, 0) is 38.4 Å². The maximum absolute atomic E-state index is 12.8. The van der Waals surface area contributed by atoms with Gasteiger partial charge in [0.25, 0.3) is 0 Å². The number of likely N-dealkylation sites (N-methyl/N-ethyl adjacent to an activating group) is 1. The van der Waals surface area contributed by atoms with Crippen LogP contribution in [-0.4, -0.2) is 31.2 Å². The first-order chi connectivity index (χ1) is 7.81. The van der Waals surface area contributed by atoms with Gasteiger partial charge in [-0.2, -0.15) is 0 Å². The molecule has 1 saturated heterocycles. The highest BCUT2D eigenvalue weighted by Crippen LogP contribution is 2.22. The molecule has 88 valence electrons. The average Bonchev–Trinajstić information content (AvgIpc) is 2.32. The van der Waals surface area contributed by atoms with E-state index in [1.165, 1.54) is 31.5 Å². The molecule has 0 amide bonds. The first kappa shape index (κ1) is 11.3. The molecule has 0 aliphatic carbocycles. The standard InChI is InChI=1S/C12H18FN3/c1-14-9-11-4-2-3-7-16(11)12-6-5-10(13)8-15-12/h5-6,8,11,14H,2-4,7,9H2,1H3. The topological polar surface area (TPSA) is 28.2 Å². The number of halogens is 1. The second kappa shape index (κ2) is 5.25. The van der Waals surface area contributed by atoms with Gasteiger partial charge in [-0.15, -0.1) is 0 Å². The van der Waals surface area contributed by atoms with Crippen molar-refractivity contribution in [1.82, 2.24) is 10.3 Å². The summed E-state index contributed by atoms with van der Waals surface area (Å²) < 4.78 is 12.8. The molecule has 16 heavy (non-hydrogen) atoms. The number of anilines is 1. The van der Waals surface area contributed by atoms with Gasteiger partial charge < -0.3 is 10.2 Å². The third kappa shape index (κ3) is 2.50. The van der Waals surface area contributed by atoms with Gasteiger partial charge in [0.2, 0.25) is 0 Å². The Morgan fingerprint density at radius 3 is 3.06 bits per heavy atom. The molecule has 1 aliphatic heterocycles. The maximum Gasteiger partial charge on any atom is 0.141 e. The summed E-state index contributed by atoms with van der Waals surface area (Å²) in [5, 5.41) is 3.21. The van der Waals surface area contributed by atoms with Gasteiger partial charge in [-0.25, -0.2) is 9.37 Å². The minimum atomic E-state index is -0.272. The Hall–Kier alpha value is -1.16. The molecular formula is C12H18FN3. The monoisotopic (exact) mass is 223 g/mol. The van der Waals surface area contributed by atoms with Crippen molar-refractivity contribution in [2.75, 3.05) is 25.0 Å². The van der Waals surface area contributed by atoms with Crippen molar-refractivity contribution in [2.24, 2.45) is 0 Å². The molecule has 1 N–H and O–H groups in total. The molecule has 0 aromatic carbocycles. The number of hydrogen-bond donors (Lipinski definition) is 1. The van der Waals surface area contributed by atoms with Gasteiger partial charge in [-0.1, -0.05) is 0 Å². The Balaban J connectivity index is 2.13. The molecule has 0 radical (unpaired) electrons. The fraction of sp³-hybridized carbons (Fsp3) is 0.583. The van der Waals surface area contributed by atoms with E-state index in [0.29, 0.717) is 6.04 Å². The number of aromatic nitrogens is 1. The van der Waals surface area contributed by atoms with Gasteiger partial charge in [0, 0.05) is 19.1 Å². The fourth-order valence-electron chi connectivity index (χ4n) is 2.29. The molecule has 0 saturated carbocycles. The van der Waals surface area contributed by atoms with Crippen molar-refractivity contribution >= 4 is 5.82 Å². The highest BCUT2D eigenvalue weighted by Gasteiger charge is 2.22. The van der Waals surface area contributed by atoms with E-state index in [1.54, 1.807) is 6.07 Å². The van der Waals surface area contributed by atoms with Crippen LogP contribution in [0.5, 0.6) is 0 Å². The maximum atomic E-state index is 12.8. The molecule has 0 bridgehead atoms. The zero-order valence-electron chi connectivity index (χ0n) is 9.62.